The average molecular weight is 769 g/mol. The summed E-state index contributed by atoms with van der Waals surface area (Å²) in [6, 6.07) is 11.2. The minimum absolute atomic E-state index is 0.0235. The van der Waals surface area contributed by atoms with Crippen molar-refractivity contribution >= 4 is 36.2 Å². The summed E-state index contributed by atoms with van der Waals surface area (Å²) < 4.78 is 16.1. The van der Waals surface area contributed by atoms with Crippen molar-refractivity contribution in [1.82, 2.24) is 0 Å². The van der Waals surface area contributed by atoms with E-state index in [1.165, 1.54) is 32.1 Å². The van der Waals surface area contributed by atoms with Crippen LogP contribution >= 0.6 is 0 Å². The Morgan fingerprint density at radius 2 is 1.83 bits per heavy atom. The number of carbonyl (C=O) groups is 1. The van der Waals surface area contributed by atoms with Gasteiger partial charge < -0.3 is 9.47 Å². The molecule has 4 aliphatic rings. The zero-order chi connectivity index (χ0) is 30.1. The number of carbonyl (C=O) groups excluding carboxylic acids is 1. The number of epoxide rings is 1. The third-order valence-corrected chi connectivity index (χ3v) is 16.9. The standard InChI is InChI=1S/C32H52O3.C6H5.Pb/c1-9-13-32(8)25-11-16-31(7)15-10-22(4)17-26(31)24(25)18-27(33)29(32)30(5,6)14-12-28(21(2)3)35-20-23-19-34-23;1-2-4-6-5-3-1;/h4,18,21-23,25-26,28-29H,9-17,19-20H2,1-3,5-8H3;1-5H;. The van der Waals surface area contributed by atoms with Crippen molar-refractivity contribution in [3.63, 3.8) is 0 Å². The number of rotatable bonds is 12. The Morgan fingerprint density at radius 3 is 2.50 bits per heavy atom. The second-order valence-electron chi connectivity index (χ2n) is 15.8. The van der Waals surface area contributed by atoms with Crippen LogP contribution in [-0.2, 0) is 14.3 Å². The molecule has 5 rings (SSSR count). The predicted octanol–water partition coefficient (Wildman–Crippen LogP) is 7.83. The number of allylic oxidation sites excluding steroid dienone is 2. The van der Waals surface area contributed by atoms with Gasteiger partial charge in [-0.1, -0.05) is 13.8 Å². The van der Waals surface area contributed by atoms with Crippen LogP contribution in [-0.4, -0.2) is 58.5 Å². The van der Waals surface area contributed by atoms with Crippen LogP contribution in [0.4, 0.5) is 0 Å². The minimum atomic E-state index is -0.923. The molecule has 1 radical (unpaired) electrons. The van der Waals surface area contributed by atoms with Gasteiger partial charge in [0.05, 0.1) is 13.2 Å². The SMILES string of the molecule is CCCC1(C)C2CCC3(C)CCC([CH]=[Pb][c]4ccccc4)CC3C2=CC(=O)C1C(C)(C)CCC(OCC1CO1)C(C)C. The first-order chi connectivity index (χ1) is 20.0. The van der Waals surface area contributed by atoms with Crippen LogP contribution in [0.25, 0.3) is 0 Å². The topological polar surface area (TPSA) is 38.8 Å². The van der Waals surface area contributed by atoms with Crippen molar-refractivity contribution in [2.45, 2.75) is 118 Å². The van der Waals surface area contributed by atoms with Crippen molar-refractivity contribution in [2.75, 3.05) is 13.2 Å². The third kappa shape index (κ3) is 7.09. The molecule has 1 aromatic carbocycles. The summed E-state index contributed by atoms with van der Waals surface area (Å²) in [5.41, 5.74) is 1.87. The molecule has 8 atom stereocenters. The maximum absolute atomic E-state index is 14.4. The van der Waals surface area contributed by atoms with Crippen LogP contribution in [0.15, 0.2) is 42.0 Å². The molecule has 1 saturated heterocycles. The molecule has 42 heavy (non-hydrogen) atoms. The molecular weight excluding hydrogens is 712 g/mol. The molecule has 1 heterocycles. The van der Waals surface area contributed by atoms with E-state index in [-0.39, 0.29) is 22.9 Å². The average Bonchev–Trinajstić information content (AvgIpc) is 3.76. The smallest absolute Gasteiger partial charge is 0.375 e. The zero-order valence-corrected chi connectivity index (χ0v) is 31.5. The number of benzene rings is 1. The third-order valence-electron chi connectivity index (χ3n) is 11.9. The van der Waals surface area contributed by atoms with Crippen molar-refractivity contribution in [2.24, 2.45) is 45.8 Å². The molecule has 231 valence electrons. The summed E-state index contributed by atoms with van der Waals surface area (Å²) in [5, 5.41) is 0. The number of hydrogen-bond donors (Lipinski definition) is 0. The van der Waals surface area contributed by atoms with Gasteiger partial charge in [0, 0.05) is 0 Å². The normalized spacial score (nSPS) is 35.6. The van der Waals surface area contributed by atoms with Crippen LogP contribution in [0, 0.1) is 45.8 Å². The van der Waals surface area contributed by atoms with Gasteiger partial charge in [-0.15, -0.1) is 0 Å². The monoisotopic (exact) mass is 769 g/mol. The molecule has 3 fully saturated rings. The Labute approximate surface area is 268 Å². The number of ether oxygens (including phenoxy) is 2. The van der Waals surface area contributed by atoms with Gasteiger partial charge in [0.2, 0.25) is 0 Å². The quantitative estimate of drug-likeness (QED) is 0.161. The van der Waals surface area contributed by atoms with Crippen LogP contribution in [0.2, 0.25) is 0 Å². The van der Waals surface area contributed by atoms with E-state index in [9.17, 15) is 4.79 Å². The summed E-state index contributed by atoms with van der Waals surface area (Å²) >= 11 is -0.923. The molecule has 8 unspecified atom stereocenters. The summed E-state index contributed by atoms with van der Waals surface area (Å²) in [4.78, 5) is 14.4. The van der Waals surface area contributed by atoms with Gasteiger partial charge in [-0.25, -0.2) is 0 Å². The van der Waals surface area contributed by atoms with Gasteiger partial charge in [-0.3, -0.25) is 0 Å². The second kappa shape index (κ2) is 13.4. The molecule has 0 bridgehead atoms. The van der Waals surface area contributed by atoms with E-state index in [0.717, 1.165) is 38.2 Å². The van der Waals surface area contributed by atoms with Gasteiger partial charge in [0.25, 0.3) is 0 Å². The molecule has 0 amide bonds. The summed E-state index contributed by atoms with van der Waals surface area (Å²) in [6.45, 7) is 18.3. The van der Waals surface area contributed by atoms with Crippen LogP contribution in [0.5, 0.6) is 0 Å². The first-order valence-corrected chi connectivity index (χ1v) is 21.3. The fourth-order valence-electron chi connectivity index (χ4n) is 9.50. The number of ketones is 1. The maximum atomic E-state index is 14.4. The first kappa shape index (κ1) is 32.7. The van der Waals surface area contributed by atoms with E-state index in [4.69, 9.17) is 9.47 Å². The van der Waals surface area contributed by atoms with E-state index >= 15 is 0 Å². The van der Waals surface area contributed by atoms with Crippen LogP contribution < -0.4 is 3.12 Å². The Balaban J connectivity index is 1.38. The Bertz CT molecular complexity index is 1130. The molecular formula is C38H57O3Pb. The van der Waals surface area contributed by atoms with Gasteiger partial charge in [0.1, 0.15) is 6.10 Å². The van der Waals surface area contributed by atoms with Crippen molar-refractivity contribution in [3.8, 4) is 0 Å². The first-order valence-electron chi connectivity index (χ1n) is 17.1. The van der Waals surface area contributed by atoms with E-state index in [0.29, 0.717) is 41.7 Å². The second-order valence-corrected chi connectivity index (χ2v) is 20.5. The molecule has 2 saturated carbocycles. The summed E-state index contributed by atoms with van der Waals surface area (Å²) in [7, 11) is 0. The molecule has 4 heteroatoms. The molecule has 3 nitrogen and oxygen atoms in total. The Morgan fingerprint density at radius 1 is 1.12 bits per heavy atom. The van der Waals surface area contributed by atoms with Crippen molar-refractivity contribution < 1.29 is 14.3 Å². The van der Waals surface area contributed by atoms with Gasteiger partial charge in [-0.2, -0.15) is 0 Å². The van der Waals surface area contributed by atoms with E-state index in [2.05, 4.69) is 88.4 Å². The van der Waals surface area contributed by atoms with E-state index in [1.807, 2.05) is 0 Å². The fraction of sp³-hybridized carbons (Fsp3) is 0.737. The van der Waals surface area contributed by atoms with Crippen LogP contribution in [0.1, 0.15) is 106 Å². The van der Waals surface area contributed by atoms with Gasteiger partial charge in [-0.05, 0) is 5.92 Å². The summed E-state index contributed by atoms with van der Waals surface area (Å²) in [5.74, 6) is 2.79. The molecule has 0 spiro atoms. The molecule has 3 aliphatic carbocycles. The van der Waals surface area contributed by atoms with Crippen LogP contribution in [0.3, 0.4) is 0 Å². The van der Waals surface area contributed by atoms with Gasteiger partial charge in [0.15, 0.2) is 0 Å². The van der Waals surface area contributed by atoms with Crippen molar-refractivity contribution in [3.05, 3.63) is 42.0 Å². The van der Waals surface area contributed by atoms with Gasteiger partial charge >= 0.3 is 221 Å². The predicted molar refractivity (Wildman–Crippen MR) is 176 cm³/mol. The number of fused-ring (bicyclic) bond motifs is 3. The van der Waals surface area contributed by atoms with E-state index < -0.39 is 23.7 Å². The molecule has 1 aromatic rings. The Kier molecular flexibility index (Phi) is 10.4. The van der Waals surface area contributed by atoms with Crippen molar-refractivity contribution in [1.29, 1.82) is 0 Å². The summed E-state index contributed by atoms with van der Waals surface area (Å²) in [6.07, 6.45) is 13.6. The fourth-order valence-corrected chi connectivity index (χ4v) is 13.8. The minimum Gasteiger partial charge on any atom is -0.375 e. The molecule has 0 aromatic heterocycles. The number of hydrogen-bond acceptors (Lipinski definition) is 3. The Hall–Kier alpha value is -0.658. The molecule has 1 aliphatic heterocycles. The van der Waals surface area contributed by atoms with E-state index in [1.54, 1.807) is 8.70 Å². The molecule has 0 N–H and O–H groups in total. The zero-order valence-electron chi connectivity index (χ0n) is 27.6.